The summed E-state index contributed by atoms with van der Waals surface area (Å²) in [5.41, 5.74) is 5.67. The van der Waals surface area contributed by atoms with Crippen molar-refractivity contribution in [3.63, 3.8) is 0 Å². The molecule has 0 spiro atoms. The minimum absolute atomic E-state index is 0.106. The Morgan fingerprint density at radius 2 is 1.71 bits per heavy atom. The van der Waals surface area contributed by atoms with Crippen molar-refractivity contribution in [1.29, 1.82) is 0 Å². The lowest BCUT2D eigenvalue weighted by atomic mass is 9.99. The zero-order chi connectivity index (χ0) is 24.7. The smallest absolute Gasteiger partial charge is 0.258 e. The van der Waals surface area contributed by atoms with E-state index in [1.165, 1.54) is 6.26 Å². The average molecular weight is 500 g/mol. The highest BCUT2D eigenvalue weighted by Gasteiger charge is 2.41. The monoisotopic (exact) mass is 499 g/mol. The molecule has 2 amide bonds. The van der Waals surface area contributed by atoms with Gasteiger partial charge in [-0.05, 0) is 61.6 Å². The van der Waals surface area contributed by atoms with Gasteiger partial charge in [-0.15, -0.1) is 0 Å². The summed E-state index contributed by atoms with van der Waals surface area (Å²) in [6.07, 6.45) is 2.21. The fourth-order valence-electron chi connectivity index (χ4n) is 4.93. The van der Waals surface area contributed by atoms with Gasteiger partial charge in [0.15, 0.2) is 15.9 Å². The predicted molar refractivity (Wildman–Crippen MR) is 131 cm³/mol. The Kier molecular flexibility index (Phi) is 6.39. The SMILES string of the molecule is C[C@H]1CN(C(=O)C2CCCO2)c2cc(-c3ccc(S(C)(=O)=O)cc3)ccc2N1C(=O)C1CCNO1. The molecule has 0 saturated carbocycles. The number of fused-ring (bicyclic) bond motifs is 1. The van der Waals surface area contributed by atoms with E-state index < -0.39 is 22.0 Å². The molecule has 2 unspecified atom stereocenters. The normalized spacial score (nSPS) is 24.5. The van der Waals surface area contributed by atoms with Crippen LogP contribution in [0.4, 0.5) is 11.4 Å². The van der Waals surface area contributed by atoms with Gasteiger partial charge in [-0.2, -0.15) is 0 Å². The van der Waals surface area contributed by atoms with Crippen molar-refractivity contribution in [3.8, 4) is 11.1 Å². The lowest BCUT2D eigenvalue weighted by Gasteiger charge is -2.42. The van der Waals surface area contributed by atoms with E-state index in [1.807, 2.05) is 25.1 Å². The van der Waals surface area contributed by atoms with Crippen LogP contribution in [0.1, 0.15) is 26.2 Å². The van der Waals surface area contributed by atoms with Crippen LogP contribution < -0.4 is 15.3 Å². The summed E-state index contributed by atoms with van der Waals surface area (Å²) < 4.78 is 29.4. The Labute approximate surface area is 204 Å². The zero-order valence-electron chi connectivity index (χ0n) is 19.8. The highest BCUT2D eigenvalue weighted by Crippen LogP contribution is 2.40. The average Bonchev–Trinajstić information content (AvgIpc) is 3.57. The number of carbonyl (C=O) groups excluding carboxylic acids is 2. The quantitative estimate of drug-likeness (QED) is 0.688. The van der Waals surface area contributed by atoms with E-state index in [-0.39, 0.29) is 22.8 Å². The van der Waals surface area contributed by atoms with Crippen LogP contribution in [0.5, 0.6) is 0 Å². The van der Waals surface area contributed by atoms with Crippen LogP contribution in [0.25, 0.3) is 11.1 Å². The first-order chi connectivity index (χ1) is 16.7. The minimum Gasteiger partial charge on any atom is -0.368 e. The third kappa shape index (κ3) is 4.58. The number of ether oxygens (including phenoxy) is 1. The fourth-order valence-corrected chi connectivity index (χ4v) is 5.56. The summed E-state index contributed by atoms with van der Waals surface area (Å²) in [7, 11) is -3.30. The molecule has 3 aliphatic rings. The van der Waals surface area contributed by atoms with E-state index in [9.17, 15) is 18.0 Å². The maximum atomic E-state index is 13.4. The molecule has 0 radical (unpaired) electrons. The molecule has 2 fully saturated rings. The van der Waals surface area contributed by atoms with Crippen LogP contribution in [0.15, 0.2) is 47.4 Å². The van der Waals surface area contributed by atoms with Crippen molar-refractivity contribution >= 4 is 33.0 Å². The van der Waals surface area contributed by atoms with Crippen molar-refractivity contribution in [1.82, 2.24) is 5.48 Å². The molecule has 3 aliphatic heterocycles. The number of rotatable bonds is 4. The molecule has 1 N–H and O–H groups in total. The predicted octanol–water partition coefficient (Wildman–Crippen LogP) is 2.30. The molecule has 3 heterocycles. The second-order valence-electron chi connectivity index (χ2n) is 9.30. The third-order valence-corrected chi connectivity index (χ3v) is 7.88. The molecule has 3 atom stereocenters. The highest BCUT2D eigenvalue weighted by molar-refractivity contribution is 7.90. The number of hydrogen-bond acceptors (Lipinski definition) is 7. The van der Waals surface area contributed by atoms with Crippen molar-refractivity contribution in [3.05, 3.63) is 42.5 Å². The minimum atomic E-state index is -3.30. The Bertz CT molecular complexity index is 1230. The molecule has 0 aromatic heterocycles. The highest BCUT2D eigenvalue weighted by atomic mass is 32.2. The number of carbonyl (C=O) groups is 2. The van der Waals surface area contributed by atoms with E-state index in [4.69, 9.17) is 9.57 Å². The molecule has 0 bridgehead atoms. The molecule has 186 valence electrons. The van der Waals surface area contributed by atoms with E-state index >= 15 is 0 Å². The van der Waals surface area contributed by atoms with Crippen molar-refractivity contribution in [2.24, 2.45) is 0 Å². The maximum absolute atomic E-state index is 13.4. The first kappa shape index (κ1) is 23.9. The van der Waals surface area contributed by atoms with E-state index in [0.717, 1.165) is 17.5 Å². The van der Waals surface area contributed by atoms with Crippen molar-refractivity contribution < 1.29 is 27.6 Å². The van der Waals surface area contributed by atoms with Crippen LogP contribution in [-0.2, 0) is 29.0 Å². The van der Waals surface area contributed by atoms with Gasteiger partial charge in [0, 0.05) is 26.0 Å². The van der Waals surface area contributed by atoms with Gasteiger partial charge in [-0.25, -0.2) is 13.9 Å². The van der Waals surface area contributed by atoms with Gasteiger partial charge in [-0.3, -0.25) is 14.4 Å². The first-order valence-electron chi connectivity index (χ1n) is 11.8. The summed E-state index contributed by atoms with van der Waals surface area (Å²) in [5.74, 6) is -0.246. The Balaban J connectivity index is 1.56. The summed E-state index contributed by atoms with van der Waals surface area (Å²) in [5, 5.41) is 0. The third-order valence-electron chi connectivity index (χ3n) is 6.75. The number of sulfone groups is 1. The van der Waals surface area contributed by atoms with Gasteiger partial charge in [0.25, 0.3) is 11.8 Å². The summed E-state index contributed by atoms with van der Waals surface area (Å²) in [4.78, 5) is 35.9. The number of benzene rings is 2. The second kappa shape index (κ2) is 9.34. The van der Waals surface area contributed by atoms with Gasteiger partial charge in [0.2, 0.25) is 0 Å². The van der Waals surface area contributed by atoms with Crippen LogP contribution >= 0.6 is 0 Å². The number of nitrogens with zero attached hydrogens (tertiary/aromatic N) is 2. The topological polar surface area (TPSA) is 105 Å². The molecule has 5 rings (SSSR count). The number of hydrogen-bond donors (Lipinski definition) is 1. The van der Waals surface area contributed by atoms with Gasteiger partial charge in [-0.1, -0.05) is 18.2 Å². The van der Waals surface area contributed by atoms with Crippen LogP contribution in [0.3, 0.4) is 0 Å². The number of hydroxylamine groups is 1. The van der Waals surface area contributed by atoms with E-state index in [2.05, 4.69) is 5.48 Å². The van der Waals surface area contributed by atoms with Gasteiger partial charge >= 0.3 is 0 Å². The zero-order valence-corrected chi connectivity index (χ0v) is 20.6. The summed E-state index contributed by atoms with van der Waals surface area (Å²) in [6, 6.07) is 12.0. The molecule has 10 heteroatoms. The molecular formula is C25H29N3O6S. The first-order valence-corrected chi connectivity index (χ1v) is 13.7. The summed E-state index contributed by atoms with van der Waals surface area (Å²) in [6.45, 7) is 3.44. The second-order valence-corrected chi connectivity index (χ2v) is 11.3. The molecule has 2 saturated heterocycles. The lowest BCUT2D eigenvalue weighted by molar-refractivity contribution is -0.131. The molecule has 2 aromatic carbocycles. The molecule has 0 aliphatic carbocycles. The maximum Gasteiger partial charge on any atom is 0.258 e. The molecular weight excluding hydrogens is 470 g/mol. The number of amides is 2. The van der Waals surface area contributed by atoms with E-state index in [1.54, 1.807) is 34.1 Å². The van der Waals surface area contributed by atoms with Gasteiger partial charge in [0.05, 0.1) is 22.3 Å². The summed E-state index contributed by atoms with van der Waals surface area (Å²) >= 11 is 0. The van der Waals surface area contributed by atoms with Crippen LogP contribution in [-0.4, -0.2) is 64.4 Å². The van der Waals surface area contributed by atoms with Gasteiger partial charge < -0.3 is 14.5 Å². The molecule has 9 nitrogen and oxygen atoms in total. The Morgan fingerprint density at radius 1 is 0.971 bits per heavy atom. The Morgan fingerprint density at radius 3 is 2.34 bits per heavy atom. The lowest BCUT2D eigenvalue weighted by Crippen LogP contribution is -2.55. The number of nitrogens with one attached hydrogen (secondary N) is 1. The number of anilines is 2. The van der Waals surface area contributed by atoms with Crippen LogP contribution in [0, 0.1) is 0 Å². The standard InChI is InChI=1S/C25H29N3O6S/c1-16-15-27(24(29)22-4-3-13-33-22)21-14-18(17-5-8-19(9-6-17)35(2,31)32)7-10-20(21)28(16)25(30)23-11-12-26-34-23/h5-10,14,16,22-23,26H,3-4,11-13,15H2,1-2H3/t16-,22?,23?/m0/s1. The fraction of sp³-hybridized carbons (Fsp3) is 0.440. The Hall–Kier alpha value is -2.79. The molecule has 35 heavy (non-hydrogen) atoms. The van der Waals surface area contributed by atoms with Crippen molar-refractivity contribution in [2.75, 3.05) is 35.8 Å². The van der Waals surface area contributed by atoms with Crippen molar-refractivity contribution in [2.45, 2.75) is 49.3 Å². The van der Waals surface area contributed by atoms with Gasteiger partial charge in [0.1, 0.15) is 6.10 Å². The van der Waals surface area contributed by atoms with E-state index in [0.29, 0.717) is 43.9 Å². The van der Waals surface area contributed by atoms with Crippen LogP contribution in [0.2, 0.25) is 0 Å². The molecule has 2 aromatic rings. The largest absolute Gasteiger partial charge is 0.368 e.